The Labute approximate surface area is 282 Å². The van der Waals surface area contributed by atoms with Crippen LogP contribution in [0.3, 0.4) is 0 Å². The van der Waals surface area contributed by atoms with Crippen molar-refractivity contribution in [2.45, 2.75) is 36.6 Å². The second-order valence-corrected chi connectivity index (χ2v) is 13.1. The lowest BCUT2D eigenvalue weighted by molar-refractivity contribution is -0.169. The Bertz CT molecular complexity index is 1820. The van der Waals surface area contributed by atoms with E-state index in [-0.39, 0.29) is 17.8 Å². The van der Waals surface area contributed by atoms with Gasteiger partial charge in [-0.3, -0.25) is 29.4 Å². The number of anilines is 2. The van der Waals surface area contributed by atoms with Crippen LogP contribution < -0.4 is 21.3 Å². The number of benzene rings is 2. The van der Waals surface area contributed by atoms with Gasteiger partial charge in [-0.15, -0.1) is 6.58 Å². The van der Waals surface area contributed by atoms with Gasteiger partial charge in [0.25, 0.3) is 5.91 Å². The van der Waals surface area contributed by atoms with Gasteiger partial charge >= 0.3 is 0 Å². The first-order chi connectivity index (χ1) is 23.0. The fraction of sp³-hybridized carbons (Fsp3) is 0.371. The molecule has 14 nitrogen and oxygen atoms in total. The summed E-state index contributed by atoms with van der Waals surface area (Å²) in [5.74, 6) is -10.6. The van der Waals surface area contributed by atoms with Crippen molar-refractivity contribution in [2.75, 3.05) is 45.0 Å². The quantitative estimate of drug-likeness (QED) is 0.106. The van der Waals surface area contributed by atoms with Crippen molar-refractivity contribution in [2.24, 2.45) is 17.6 Å². The van der Waals surface area contributed by atoms with Crippen molar-refractivity contribution in [3.8, 4) is 5.75 Å². The number of primary amides is 1. The van der Waals surface area contributed by atoms with Crippen LogP contribution in [0.2, 0.25) is 0 Å². The number of nitrogens with zero attached hydrogens (tertiary/aromatic N) is 2. The number of aliphatic hydroxyl groups excluding tert-OH is 3. The normalized spacial score (nSPS) is 26.9. The molecule has 7 atom stereocenters. The highest BCUT2D eigenvalue weighted by Crippen LogP contribution is 2.56. The van der Waals surface area contributed by atoms with E-state index in [1.165, 1.54) is 31.1 Å². The molecule has 14 heteroatoms. The molecule has 3 aliphatic rings. The average molecular weight is 676 g/mol. The summed E-state index contributed by atoms with van der Waals surface area (Å²) in [5, 5.41) is 63.7. The van der Waals surface area contributed by atoms with Gasteiger partial charge in [-0.25, -0.2) is 0 Å². The van der Waals surface area contributed by atoms with Crippen LogP contribution >= 0.6 is 0 Å². The Hall–Kier alpha value is -5.02. The number of nitrogens with one attached hydrogen (secondary N) is 2. The van der Waals surface area contributed by atoms with Gasteiger partial charge in [0.2, 0.25) is 11.7 Å². The third-order valence-electron chi connectivity index (χ3n) is 9.86. The number of carbonyl (C=O) groups excluding carboxylic acids is 4. The van der Waals surface area contributed by atoms with Gasteiger partial charge in [0.1, 0.15) is 28.9 Å². The largest absolute Gasteiger partial charge is 0.508 e. The number of ketones is 2. The minimum absolute atomic E-state index is 0.105. The third-order valence-corrected chi connectivity index (χ3v) is 9.86. The molecule has 0 aliphatic heterocycles. The molecule has 1 saturated carbocycles. The van der Waals surface area contributed by atoms with Crippen LogP contribution in [-0.2, 0) is 19.2 Å². The molecule has 0 bridgehead atoms. The summed E-state index contributed by atoms with van der Waals surface area (Å²) in [6.45, 7) is 5.60. The second kappa shape index (κ2) is 12.8. The molecule has 5 unspecified atom stereocenters. The molecular weight excluding hydrogens is 634 g/mol. The fourth-order valence-corrected chi connectivity index (χ4v) is 7.45. The van der Waals surface area contributed by atoms with Gasteiger partial charge in [0, 0.05) is 37.8 Å². The summed E-state index contributed by atoms with van der Waals surface area (Å²) in [6, 6.07) is 7.88. The molecule has 1 fully saturated rings. The molecule has 9 N–H and O–H groups in total. The average Bonchev–Trinajstić information content (AvgIpc) is 3.04. The highest BCUT2D eigenvalue weighted by Gasteiger charge is 2.68. The minimum Gasteiger partial charge on any atom is -0.508 e. The number of carbonyl (C=O) groups is 4. The van der Waals surface area contributed by atoms with E-state index in [9.17, 15) is 44.7 Å². The van der Waals surface area contributed by atoms with Crippen molar-refractivity contribution in [3.05, 3.63) is 82.6 Å². The predicted octanol–water partition coefficient (Wildman–Crippen LogP) is 1.02. The Morgan fingerprint density at radius 1 is 1.06 bits per heavy atom. The van der Waals surface area contributed by atoms with E-state index in [1.807, 2.05) is 31.1 Å². The Morgan fingerprint density at radius 3 is 2.24 bits per heavy atom. The zero-order valence-electron chi connectivity index (χ0n) is 27.8. The van der Waals surface area contributed by atoms with Crippen LogP contribution in [0.4, 0.5) is 11.4 Å². The topological polar surface area (TPSA) is 226 Å². The first-order valence-electron chi connectivity index (χ1n) is 15.6. The number of phenolic OH excluding ortho intramolecular Hbond substituents is 1. The van der Waals surface area contributed by atoms with Crippen LogP contribution in [0.25, 0.3) is 5.76 Å². The Balaban J connectivity index is 1.60. The summed E-state index contributed by atoms with van der Waals surface area (Å²) in [5.41, 5.74) is 2.32. The number of rotatable bonds is 9. The molecule has 2 aromatic rings. The number of nitrogens with two attached hydrogens (primary N) is 1. The molecule has 2 aromatic carbocycles. The number of aromatic hydroxyl groups is 1. The number of fused-ring (bicyclic) bond motifs is 3. The number of amides is 2. The van der Waals surface area contributed by atoms with Crippen molar-refractivity contribution in [3.63, 3.8) is 0 Å². The number of hydrogen-bond acceptors (Lipinski definition) is 12. The maximum atomic E-state index is 14.2. The van der Waals surface area contributed by atoms with Gasteiger partial charge in [-0.1, -0.05) is 31.2 Å². The van der Waals surface area contributed by atoms with Crippen molar-refractivity contribution >= 4 is 40.5 Å². The van der Waals surface area contributed by atoms with Crippen molar-refractivity contribution < 1.29 is 44.7 Å². The Kier molecular flexibility index (Phi) is 9.21. The molecule has 0 heterocycles. The molecular formula is C35H41N5O9. The lowest BCUT2D eigenvalue weighted by atomic mass is 9.54. The fourth-order valence-electron chi connectivity index (χ4n) is 7.45. The summed E-state index contributed by atoms with van der Waals surface area (Å²) >= 11 is 0. The summed E-state index contributed by atoms with van der Waals surface area (Å²) < 4.78 is 0. The van der Waals surface area contributed by atoms with Crippen LogP contribution in [0.15, 0.2) is 66.0 Å². The molecule has 260 valence electrons. The molecule has 3 aliphatic carbocycles. The number of Topliss-reactive ketones (excluding diaryl/α,β-unsaturated/α-hetero) is 2. The minimum atomic E-state index is -3.03. The van der Waals surface area contributed by atoms with Crippen LogP contribution in [0, 0.1) is 11.8 Å². The molecule has 5 rings (SSSR count). The van der Waals surface area contributed by atoms with Crippen molar-refractivity contribution in [1.82, 2.24) is 10.2 Å². The van der Waals surface area contributed by atoms with Gasteiger partial charge in [0.05, 0.1) is 29.3 Å². The second-order valence-electron chi connectivity index (χ2n) is 13.1. The summed E-state index contributed by atoms with van der Waals surface area (Å²) in [6.07, 6.45) is -0.128. The zero-order chi connectivity index (χ0) is 36.3. The van der Waals surface area contributed by atoms with Gasteiger partial charge in [-0.2, -0.15) is 0 Å². The van der Waals surface area contributed by atoms with Crippen LogP contribution in [0.5, 0.6) is 5.75 Å². The van der Waals surface area contributed by atoms with E-state index < -0.39 is 93.3 Å². The summed E-state index contributed by atoms with van der Waals surface area (Å²) in [4.78, 5) is 56.7. The third kappa shape index (κ3) is 5.37. The smallest absolute Gasteiger partial charge is 0.255 e. The van der Waals surface area contributed by atoms with E-state index in [2.05, 4.69) is 17.2 Å². The van der Waals surface area contributed by atoms with Gasteiger partial charge in [-0.05, 0) is 49.3 Å². The van der Waals surface area contributed by atoms with Crippen LogP contribution in [-0.4, -0.2) is 106 Å². The van der Waals surface area contributed by atoms with Gasteiger partial charge in [0.15, 0.2) is 11.4 Å². The van der Waals surface area contributed by atoms with E-state index in [0.29, 0.717) is 11.1 Å². The predicted molar refractivity (Wildman–Crippen MR) is 181 cm³/mol. The number of aliphatic hydroxyl groups is 4. The van der Waals surface area contributed by atoms with E-state index >= 15 is 0 Å². The highest BCUT2D eigenvalue weighted by molar-refractivity contribution is 6.24. The number of likely N-dealkylation sites (N-methyl/N-ethyl adjacent to an activating group) is 1. The maximum absolute atomic E-state index is 14.2. The molecule has 49 heavy (non-hydrogen) atoms. The molecule has 2 amide bonds. The molecule has 0 radical (unpaired) electrons. The van der Waals surface area contributed by atoms with E-state index in [4.69, 9.17) is 5.73 Å². The molecule has 0 spiro atoms. The van der Waals surface area contributed by atoms with E-state index in [1.54, 1.807) is 25.1 Å². The lowest BCUT2D eigenvalue weighted by Gasteiger charge is -2.53. The SMILES string of the molecule is C=CCNC(C(=O)Nc1ccc2c(c1O)C(O)=C1C(=O)[C@]3(O)C(O)=C(C(N)=O)C(=O)[C@@H](N(C)C)C3C(O)C1C2C)c1ccc(N(C)C)cc1. The highest BCUT2D eigenvalue weighted by atomic mass is 16.4. The standard InChI is InChI=1S/C35H41N5O9/c1-7-14-37-25(16-8-10-17(11-9-16)39(3)4)34(48)38-19-13-12-18-15(2)20-22(28(42)21(18)27(19)41)31(45)35(49)24(29(20)43)26(40(5)6)30(44)23(32(35)46)33(36)47/h7-13,15,20,24-26,29,37,41-43,46,49H,1,14H2,2-6H3,(H2,36,47)(H,38,48)/t15?,20?,24?,25?,26-,29?,35-/m0/s1. The number of phenols is 1. The Morgan fingerprint density at radius 2 is 1.69 bits per heavy atom. The van der Waals surface area contributed by atoms with Gasteiger partial charge < -0.3 is 41.5 Å². The first kappa shape index (κ1) is 35.3. The maximum Gasteiger partial charge on any atom is 0.255 e. The van der Waals surface area contributed by atoms with Crippen LogP contribution in [0.1, 0.15) is 35.6 Å². The first-order valence-corrected chi connectivity index (χ1v) is 15.6. The molecule has 0 saturated heterocycles. The molecule has 0 aromatic heterocycles. The monoisotopic (exact) mass is 675 g/mol. The van der Waals surface area contributed by atoms with Crippen molar-refractivity contribution in [1.29, 1.82) is 0 Å². The zero-order valence-corrected chi connectivity index (χ0v) is 27.8. The number of hydrogen-bond donors (Lipinski definition) is 8. The lowest BCUT2D eigenvalue weighted by Crippen LogP contribution is -2.70. The van der Waals surface area contributed by atoms with E-state index in [0.717, 1.165) is 5.69 Å². The summed E-state index contributed by atoms with van der Waals surface area (Å²) in [7, 11) is 6.65.